The molecule has 0 aliphatic heterocycles. The van der Waals surface area contributed by atoms with E-state index in [-0.39, 0.29) is 11.6 Å². The third kappa shape index (κ3) is 7.31. The minimum Gasteiger partial charge on any atom is -0.390 e. The monoisotopic (exact) mass is 264 g/mol. The summed E-state index contributed by atoms with van der Waals surface area (Å²) in [4.78, 5) is 0. The van der Waals surface area contributed by atoms with Crippen molar-refractivity contribution in [3.8, 4) is 0 Å². The summed E-state index contributed by atoms with van der Waals surface area (Å²) in [5.74, 6) is 0. The minimum atomic E-state index is -0.321. The fourth-order valence-corrected chi connectivity index (χ4v) is 2.17. The molecule has 3 N–H and O–H groups in total. The predicted molar refractivity (Wildman–Crippen MR) is 81.4 cm³/mol. The summed E-state index contributed by atoms with van der Waals surface area (Å²) in [5.41, 5.74) is 1.47. The second kappa shape index (κ2) is 8.31. The Balaban J connectivity index is 2.23. The van der Waals surface area contributed by atoms with Crippen molar-refractivity contribution in [3.05, 3.63) is 35.9 Å². The van der Waals surface area contributed by atoms with Gasteiger partial charge in [-0.05, 0) is 45.7 Å². The van der Waals surface area contributed by atoms with E-state index >= 15 is 0 Å². The van der Waals surface area contributed by atoms with Gasteiger partial charge in [-0.25, -0.2) is 0 Å². The van der Waals surface area contributed by atoms with Crippen LogP contribution in [0.2, 0.25) is 0 Å². The van der Waals surface area contributed by atoms with Crippen LogP contribution in [0.4, 0.5) is 0 Å². The van der Waals surface area contributed by atoms with E-state index < -0.39 is 0 Å². The molecule has 0 saturated heterocycles. The number of aryl methyl sites for hydroxylation is 1. The number of hydrogen-bond acceptors (Lipinski definition) is 3. The fraction of sp³-hybridized carbons (Fsp3) is 0.625. The third-order valence-corrected chi connectivity index (χ3v) is 3.37. The molecule has 0 saturated carbocycles. The van der Waals surface area contributed by atoms with Crippen molar-refractivity contribution in [2.24, 2.45) is 0 Å². The van der Waals surface area contributed by atoms with Gasteiger partial charge in [-0.15, -0.1) is 0 Å². The molecule has 0 heterocycles. The smallest absolute Gasteiger partial charge is 0.0788 e. The summed E-state index contributed by atoms with van der Waals surface area (Å²) < 4.78 is 0. The van der Waals surface area contributed by atoms with Crippen LogP contribution in [0.5, 0.6) is 0 Å². The van der Waals surface area contributed by atoms with Crippen molar-refractivity contribution in [2.75, 3.05) is 20.1 Å². The summed E-state index contributed by atoms with van der Waals surface area (Å²) in [6.45, 7) is 5.67. The quantitative estimate of drug-likeness (QED) is 0.639. The number of β-amino-alcohol motifs (C(OH)–C–C–N with tert-alkyl or cyclic N) is 1. The highest BCUT2D eigenvalue weighted by atomic mass is 16.3. The van der Waals surface area contributed by atoms with Crippen LogP contribution in [0, 0.1) is 0 Å². The van der Waals surface area contributed by atoms with Gasteiger partial charge in [0.05, 0.1) is 6.10 Å². The van der Waals surface area contributed by atoms with Gasteiger partial charge in [0.15, 0.2) is 0 Å². The van der Waals surface area contributed by atoms with Crippen LogP contribution in [0.1, 0.15) is 32.3 Å². The molecule has 1 aromatic rings. The number of hydrogen-bond donors (Lipinski definition) is 3. The maximum Gasteiger partial charge on any atom is 0.0788 e. The Labute approximate surface area is 117 Å². The second-order valence-electron chi connectivity index (χ2n) is 5.82. The van der Waals surface area contributed by atoms with Crippen LogP contribution in [0.25, 0.3) is 0 Å². The lowest BCUT2D eigenvalue weighted by Crippen LogP contribution is -2.45. The van der Waals surface area contributed by atoms with Crippen molar-refractivity contribution in [2.45, 2.75) is 44.8 Å². The molecular weight excluding hydrogens is 236 g/mol. The van der Waals surface area contributed by atoms with Crippen LogP contribution >= 0.6 is 0 Å². The molecule has 1 aromatic carbocycles. The first-order valence-electron chi connectivity index (χ1n) is 7.15. The Kier molecular flexibility index (Phi) is 7.06. The molecule has 108 valence electrons. The fourth-order valence-electron chi connectivity index (χ4n) is 2.17. The first-order chi connectivity index (χ1) is 9.03. The lowest BCUT2D eigenvalue weighted by atomic mass is 9.95. The first-order valence-corrected chi connectivity index (χ1v) is 7.15. The van der Waals surface area contributed by atoms with Gasteiger partial charge in [0, 0.05) is 18.6 Å². The first kappa shape index (κ1) is 16.2. The van der Waals surface area contributed by atoms with Crippen molar-refractivity contribution >= 4 is 0 Å². The Morgan fingerprint density at radius 2 is 1.84 bits per heavy atom. The molecule has 3 nitrogen and oxygen atoms in total. The van der Waals surface area contributed by atoms with Gasteiger partial charge in [-0.1, -0.05) is 30.3 Å². The van der Waals surface area contributed by atoms with Gasteiger partial charge in [-0.2, -0.15) is 0 Å². The Bertz CT molecular complexity index is 338. The molecule has 1 atom stereocenters. The van der Waals surface area contributed by atoms with Crippen LogP contribution < -0.4 is 10.6 Å². The van der Waals surface area contributed by atoms with Crippen LogP contribution in [-0.2, 0) is 6.42 Å². The summed E-state index contributed by atoms with van der Waals surface area (Å²) in [7, 11) is 1.86. The molecular formula is C16H28N2O. The normalized spacial score (nSPS) is 13.5. The molecule has 1 rings (SSSR count). The molecule has 0 spiro atoms. The van der Waals surface area contributed by atoms with Crippen LogP contribution in [0.15, 0.2) is 30.3 Å². The zero-order valence-electron chi connectivity index (χ0n) is 12.4. The van der Waals surface area contributed by atoms with Gasteiger partial charge in [0.1, 0.15) is 0 Å². The maximum atomic E-state index is 9.69. The summed E-state index contributed by atoms with van der Waals surface area (Å²) in [6, 6.07) is 10.6. The van der Waals surface area contributed by atoms with E-state index in [4.69, 9.17) is 0 Å². The molecule has 0 unspecified atom stereocenters. The van der Waals surface area contributed by atoms with E-state index in [9.17, 15) is 5.11 Å². The van der Waals surface area contributed by atoms with E-state index in [0.29, 0.717) is 13.1 Å². The maximum absolute atomic E-state index is 9.69. The Hall–Kier alpha value is -0.900. The number of nitrogens with one attached hydrogen (secondary N) is 2. The average Bonchev–Trinajstić information content (AvgIpc) is 2.38. The lowest BCUT2D eigenvalue weighted by Gasteiger charge is -2.28. The van der Waals surface area contributed by atoms with E-state index in [1.54, 1.807) is 0 Å². The van der Waals surface area contributed by atoms with Gasteiger partial charge in [-0.3, -0.25) is 0 Å². The molecule has 0 amide bonds. The van der Waals surface area contributed by atoms with Crippen molar-refractivity contribution in [3.63, 3.8) is 0 Å². The molecule has 0 aliphatic rings. The van der Waals surface area contributed by atoms with Crippen molar-refractivity contribution in [1.29, 1.82) is 0 Å². The van der Waals surface area contributed by atoms with E-state index in [1.807, 2.05) is 7.05 Å². The molecule has 19 heavy (non-hydrogen) atoms. The summed E-state index contributed by atoms with van der Waals surface area (Å²) in [6.07, 6.45) is 3.06. The lowest BCUT2D eigenvalue weighted by molar-refractivity contribution is 0.156. The molecule has 0 radical (unpaired) electrons. The highest BCUT2D eigenvalue weighted by molar-refractivity contribution is 5.14. The zero-order chi connectivity index (χ0) is 14.1. The van der Waals surface area contributed by atoms with Crippen LogP contribution in [-0.4, -0.2) is 36.9 Å². The molecule has 0 fully saturated rings. The largest absolute Gasteiger partial charge is 0.390 e. The number of benzene rings is 1. The minimum absolute atomic E-state index is 0.0729. The number of likely N-dealkylation sites (N-methyl/N-ethyl adjacent to an activating group) is 1. The molecule has 0 bridgehead atoms. The van der Waals surface area contributed by atoms with Gasteiger partial charge >= 0.3 is 0 Å². The van der Waals surface area contributed by atoms with E-state index in [1.165, 1.54) is 5.56 Å². The highest BCUT2D eigenvalue weighted by Crippen LogP contribution is 2.14. The summed E-state index contributed by atoms with van der Waals surface area (Å²) in [5, 5.41) is 16.1. The molecule has 3 heteroatoms. The van der Waals surface area contributed by atoms with Crippen LogP contribution in [0.3, 0.4) is 0 Å². The topological polar surface area (TPSA) is 44.3 Å². The molecule has 0 aliphatic carbocycles. The predicted octanol–water partition coefficient (Wildman–Crippen LogP) is 1.96. The van der Waals surface area contributed by atoms with Crippen molar-refractivity contribution in [1.82, 2.24) is 10.6 Å². The Morgan fingerprint density at radius 1 is 1.16 bits per heavy atom. The van der Waals surface area contributed by atoms with Gasteiger partial charge in [0.2, 0.25) is 0 Å². The number of aliphatic hydroxyl groups is 1. The van der Waals surface area contributed by atoms with E-state index in [2.05, 4.69) is 54.8 Å². The highest BCUT2D eigenvalue weighted by Gasteiger charge is 2.17. The van der Waals surface area contributed by atoms with Crippen molar-refractivity contribution < 1.29 is 5.11 Å². The zero-order valence-corrected chi connectivity index (χ0v) is 12.4. The average molecular weight is 264 g/mol. The molecule has 0 aromatic heterocycles. The number of aliphatic hydroxyl groups excluding tert-OH is 1. The summed E-state index contributed by atoms with van der Waals surface area (Å²) >= 11 is 0. The SMILES string of the molecule is CNC[C@H](O)CNC(C)(C)CCCc1ccccc1. The Morgan fingerprint density at radius 3 is 2.47 bits per heavy atom. The van der Waals surface area contributed by atoms with E-state index in [0.717, 1.165) is 19.3 Å². The standard InChI is InChI=1S/C16H28N2O/c1-16(2,18-13-15(19)12-17-3)11-7-10-14-8-5-4-6-9-14/h4-6,8-9,15,17-19H,7,10-13H2,1-3H3/t15-/m0/s1. The second-order valence-corrected chi connectivity index (χ2v) is 5.82. The van der Waals surface area contributed by atoms with Gasteiger partial charge in [0.25, 0.3) is 0 Å². The third-order valence-electron chi connectivity index (χ3n) is 3.37. The van der Waals surface area contributed by atoms with Gasteiger partial charge < -0.3 is 15.7 Å². The number of rotatable bonds is 9.